The van der Waals surface area contributed by atoms with E-state index in [9.17, 15) is 29.1 Å². The monoisotopic (exact) mass is 441 g/mol. The molecule has 1 saturated heterocycles. The highest BCUT2D eigenvalue weighted by atomic mass is 16.4. The molecule has 1 rings (SSSR count). The molecular weight excluding hydrogens is 406 g/mol. The summed E-state index contributed by atoms with van der Waals surface area (Å²) in [6.45, 7) is 8.39. The number of nitrogens with two attached hydrogens (primary N) is 1. The molecule has 176 valence electrons. The molecule has 1 heterocycles. The van der Waals surface area contributed by atoms with Crippen molar-refractivity contribution in [1.82, 2.24) is 20.9 Å². The highest BCUT2D eigenvalue weighted by Gasteiger charge is 2.38. The van der Waals surface area contributed by atoms with Gasteiger partial charge in [0.2, 0.25) is 23.6 Å². The van der Waals surface area contributed by atoms with E-state index in [4.69, 9.17) is 5.73 Å². The second-order valence-corrected chi connectivity index (χ2v) is 8.55. The van der Waals surface area contributed by atoms with E-state index in [0.29, 0.717) is 19.4 Å². The number of hydrogen-bond acceptors (Lipinski definition) is 6. The Balaban J connectivity index is 2.72. The van der Waals surface area contributed by atoms with E-state index < -0.39 is 60.3 Å². The molecule has 11 nitrogen and oxygen atoms in total. The van der Waals surface area contributed by atoms with Gasteiger partial charge in [-0.3, -0.25) is 19.2 Å². The Labute approximate surface area is 182 Å². The summed E-state index contributed by atoms with van der Waals surface area (Å²) in [5, 5.41) is 16.9. The number of carboxylic acid groups (broad SMARTS) is 1. The molecule has 0 bridgehead atoms. The Morgan fingerprint density at radius 3 is 2.03 bits per heavy atom. The van der Waals surface area contributed by atoms with Gasteiger partial charge in [0.05, 0.1) is 12.6 Å². The van der Waals surface area contributed by atoms with Crippen LogP contribution in [0.15, 0.2) is 0 Å². The highest BCUT2D eigenvalue weighted by Crippen LogP contribution is 2.20. The van der Waals surface area contributed by atoms with Crippen molar-refractivity contribution in [3.63, 3.8) is 0 Å². The van der Waals surface area contributed by atoms with Gasteiger partial charge >= 0.3 is 5.97 Å². The number of rotatable bonds is 10. The van der Waals surface area contributed by atoms with Crippen molar-refractivity contribution in [3.8, 4) is 0 Å². The summed E-state index contributed by atoms with van der Waals surface area (Å²) in [6.07, 6.45) is 0.959. The fraction of sp³-hybridized carbons (Fsp3) is 0.750. The Morgan fingerprint density at radius 2 is 1.55 bits per heavy atom. The third kappa shape index (κ3) is 7.50. The van der Waals surface area contributed by atoms with Gasteiger partial charge in [-0.15, -0.1) is 0 Å². The van der Waals surface area contributed by atoms with Gasteiger partial charge in [-0.25, -0.2) is 4.79 Å². The van der Waals surface area contributed by atoms with Gasteiger partial charge in [-0.1, -0.05) is 27.7 Å². The van der Waals surface area contributed by atoms with Crippen molar-refractivity contribution < 1.29 is 29.1 Å². The van der Waals surface area contributed by atoms with Crippen molar-refractivity contribution in [2.75, 3.05) is 13.1 Å². The minimum atomic E-state index is -1.07. The zero-order valence-electron chi connectivity index (χ0n) is 18.8. The predicted octanol–water partition coefficient (Wildman–Crippen LogP) is -1.19. The topological polar surface area (TPSA) is 171 Å². The first-order valence-corrected chi connectivity index (χ1v) is 10.5. The van der Waals surface area contributed by atoms with E-state index in [1.807, 2.05) is 0 Å². The zero-order valence-corrected chi connectivity index (χ0v) is 18.8. The van der Waals surface area contributed by atoms with Gasteiger partial charge in [0, 0.05) is 6.54 Å². The van der Waals surface area contributed by atoms with Crippen molar-refractivity contribution in [2.24, 2.45) is 17.6 Å². The Kier molecular flexibility index (Phi) is 9.89. The SMILES string of the molecule is CC(C)[C@H](NC(=O)[C@H](C)N)C(=O)NCC(=O)N[C@H](C(=O)N1CCC[C@H]1C(=O)O)C(C)C. The molecule has 11 heteroatoms. The van der Waals surface area contributed by atoms with Crippen LogP contribution in [0.5, 0.6) is 0 Å². The van der Waals surface area contributed by atoms with Crippen molar-refractivity contribution in [3.05, 3.63) is 0 Å². The van der Waals surface area contributed by atoms with Crippen LogP contribution in [0.2, 0.25) is 0 Å². The smallest absolute Gasteiger partial charge is 0.326 e. The van der Waals surface area contributed by atoms with Gasteiger partial charge < -0.3 is 31.7 Å². The molecule has 4 amide bonds. The summed E-state index contributed by atoms with van der Waals surface area (Å²) in [4.78, 5) is 62.2. The van der Waals surface area contributed by atoms with Gasteiger partial charge in [0.25, 0.3) is 0 Å². The summed E-state index contributed by atoms with van der Waals surface area (Å²) in [6, 6.07) is -3.46. The molecule has 31 heavy (non-hydrogen) atoms. The summed E-state index contributed by atoms with van der Waals surface area (Å²) in [7, 11) is 0. The second kappa shape index (κ2) is 11.6. The number of carbonyl (C=O) groups is 5. The Hall–Kier alpha value is -2.69. The maximum absolute atomic E-state index is 12.9. The summed E-state index contributed by atoms with van der Waals surface area (Å²) >= 11 is 0. The van der Waals surface area contributed by atoms with Crippen LogP contribution in [0.3, 0.4) is 0 Å². The lowest BCUT2D eigenvalue weighted by molar-refractivity contribution is -0.150. The number of nitrogens with one attached hydrogen (secondary N) is 3. The van der Waals surface area contributed by atoms with Gasteiger partial charge in [0.15, 0.2) is 0 Å². The zero-order chi connectivity index (χ0) is 23.9. The molecule has 0 aromatic rings. The van der Waals surface area contributed by atoms with Crippen molar-refractivity contribution in [2.45, 2.75) is 71.6 Å². The molecule has 4 atom stereocenters. The minimum absolute atomic E-state index is 0.237. The van der Waals surface area contributed by atoms with Crippen molar-refractivity contribution in [1.29, 1.82) is 0 Å². The highest BCUT2D eigenvalue weighted by molar-refractivity contribution is 5.94. The van der Waals surface area contributed by atoms with Crippen LogP contribution in [0, 0.1) is 11.8 Å². The largest absolute Gasteiger partial charge is 0.480 e. The van der Waals surface area contributed by atoms with Crippen LogP contribution in [0.1, 0.15) is 47.5 Å². The lowest BCUT2D eigenvalue weighted by Crippen LogP contribution is -2.57. The first kappa shape index (κ1) is 26.3. The van der Waals surface area contributed by atoms with Gasteiger partial charge in [-0.05, 0) is 31.6 Å². The molecule has 0 aromatic carbocycles. The molecule has 0 aliphatic carbocycles. The molecule has 1 aliphatic heterocycles. The van der Waals surface area contributed by atoms with E-state index in [1.54, 1.807) is 27.7 Å². The molecule has 0 spiro atoms. The maximum Gasteiger partial charge on any atom is 0.326 e. The molecule has 0 radical (unpaired) electrons. The normalized spacial score (nSPS) is 19.0. The standard InChI is InChI=1S/C20H35N5O6/c1-10(2)15(24-17(27)12(5)21)18(28)22-9-14(26)23-16(11(3)4)19(29)25-8-6-7-13(25)20(30)31/h10-13,15-16H,6-9,21H2,1-5H3,(H,22,28)(H,23,26)(H,24,27)(H,30,31)/t12-,13-,15-,16-/m0/s1. The summed E-state index contributed by atoms with van der Waals surface area (Å²) < 4.78 is 0. The van der Waals surface area contributed by atoms with Crippen LogP contribution >= 0.6 is 0 Å². The molecule has 1 aliphatic rings. The Bertz CT molecular complexity index is 694. The fourth-order valence-electron chi connectivity index (χ4n) is 3.30. The number of hydrogen-bond donors (Lipinski definition) is 5. The number of carboxylic acids is 1. The predicted molar refractivity (Wildman–Crippen MR) is 113 cm³/mol. The number of carbonyl (C=O) groups excluding carboxylic acids is 4. The minimum Gasteiger partial charge on any atom is -0.480 e. The number of nitrogens with zero attached hydrogens (tertiary/aromatic N) is 1. The van der Waals surface area contributed by atoms with Crippen LogP contribution < -0.4 is 21.7 Å². The summed E-state index contributed by atoms with van der Waals surface area (Å²) in [5.74, 6) is -3.66. The van der Waals surface area contributed by atoms with Gasteiger partial charge in [0.1, 0.15) is 18.1 Å². The van der Waals surface area contributed by atoms with Crippen LogP contribution in [0.25, 0.3) is 0 Å². The molecule has 1 fully saturated rings. The van der Waals surface area contributed by atoms with Crippen LogP contribution in [0.4, 0.5) is 0 Å². The van der Waals surface area contributed by atoms with E-state index in [1.165, 1.54) is 11.8 Å². The average Bonchev–Trinajstić information content (AvgIpc) is 3.17. The lowest BCUT2D eigenvalue weighted by atomic mass is 10.0. The van der Waals surface area contributed by atoms with Crippen LogP contribution in [-0.2, 0) is 24.0 Å². The van der Waals surface area contributed by atoms with Gasteiger partial charge in [-0.2, -0.15) is 0 Å². The molecule has 6 N–H and O–H groups in total. The third-order valence-electron chi connectivity index (χ3n) is 5.15. The second-order valence-electron chi connectivity index (χ2n) is 8.55. The van der Waals surface area contributed by atoms with E-state index in [-0.39, 0.29) is 11.8 Å². The van der Waals surface area contributed by atoms with E-state index in [0.717, 1.165) is 0 Å². The third-order valence-corrected chi connectivity index (χ3v) is 5.15. The average molecular weight is 442 g/mol. The molecule has 0 aromatic heterocycles. The fourth-order valence-corrected chi connectivity index (χ4v) is 3.30. The molecule has 0 unspecified atom stereocenters. The number of aliphatic carboxylic acids is 1. The number of amides is 4. The van der Waals surface area contributed by atoms with Crippen LogP contribution in [-0.4, -0.2) is 76.9 Å². The first-order chi connectivity index (χ1) is 14.4. The summed E-state index contributed by atoms with van der Waals surface area (Å²) in [5.41, 5.74) is 5.52. The van der Waals surface area contributed by atoms with E-state index >= 15 is 0 Å². The number of likely N-dealkylation sites (tertiary alicyclic amines) is 1. The quantitative estimate of drug-likeness (QED) is 0.283. The molecular formula is C20H35N5O6. The lowest BCUT2D eigenvalue weighted by Gasteiger charge is -2.29. The first-order valence-electron chi connectivity index (χ1n) is 10.5. The Morgan fingerprint density at radius 1 is 0.968 bits per heavy atom. The maximum atomic E-state index is 12.9. The molecule has 0 saturated carbocycles. The van der Waals surface area contributed by atoms with Crippen molar-refractivity contribution >= 4 is 29.6 Å². The van der Waals surface area contributed by atoms with E-state index in [2.05, 4.69) is 16.0 Å².